The molecule has 5 nitrogen and oxygen atoms in total. The second kappa shape index (κ2) is 5.31. The fourth-order valence-corrected chi connectivity index (χ4v) is 0.932. The van der Waals surface area contributed by atoms with Crippen LogP contribution in [0.5, 0.6) is 0 Å². The van der Waals surface area contributed by atoms with Crippen molar-refractivity contribution in [1.29, 1.82) is 0 Å². The van der Waals surface area contributed by atoms with Gasteiger partial charge in [-0.2, -0.15) is 0 Å². The van der Waals surface area contributed by atoms with E-state index in [2.05, 4.69) is 20.6 Å². The van der Waals surface area contributed by atoms with Crippen molar-refractivity contribution >= 4 is 11.6 Å². The van der Waals surface area contributed by atoms with Gasteiger partial charge in [-0.25, -0.2) is 9.97 Å². The third kappa shape index (κ3) is 3.25. The number of aromatic nitrogens is 2. The van der Waals surface area contributed by atoms with Gasteiger partial charge < -0.3 is 16.4 Å². The summed E-state index contributed by atoms with van der Waals surface area (Å²) in [7, 11) is 0. The maximum atomic E-state index is 5.35. The third-order valence-corrected chi connectivity index (χ3v) is 1.48. The van der Waals surface area contributed by atoms with E-state index in [1.807, 2.05) is 13.0 Å². The Balaban J connectivity index is 2.56. The SMILES string of the molecule is CCNc1cc(NCCN)ncn1. The van der Waals surface area contributed by atoms with E-state index in [1.165, 1.54) is 6.33 Å². The lowest BCUT2D eigenvalue weighted by Gasteiger charge is -2.05. The van der Waals surface area contributed by atoms with E-state index in [0.29, 0.717) is 6.54 Å². The van der Waals surface area contributed by atoms with Crippen LogP contribution in [0.2, 0.25) is 0 Å². The van der Waals surface area contributed by atoms with Crippen molar-refractivity contribution in [3.63, 3.8) is 0 Å². The molecule has 0 aliphatic rings. The van der Waals surface area contributed by atoms with Gasteiger partial charge in [0.05, 0.1) is 0 Å². The van der Waals surface area contributed by atoms with Crippen molar-refractivity contribution in [2.24, 2.45) is 5.73 Å². The van der Waals surface area contributed by atoms with Gasteiger partial charge in [-0.3, -0.25) is 0 Å². The van der Waals surface area contributed by atoms with Crippen LogP contribution in [-0.4, -0.2) is 29.6 Å². The highest BCUT2D eigenvalue weighted by molar-refractivity contribution is 5.46. The summed E-state index contributed by atoms with van der Waals surface area (Å²) in [5.41, 5.74) is 5.35. The van der Waals surface area contributed by atoms with Gasteiger partial charge in [0, 0.05) is 25.7 Å². The highest BCUT2D eigenvalue weighted by atomic mass is 15.1. The summed E-state index contributed by atoms with van der Waals surface area (Å²) in [4.78, 5) is 8.09. The van der Waals surface area contributed by atoms with Crippen LogP contribution >= 0.6 is 0 Å². The molecule has 1 aromatic heterocycles. The molecule has 0 spiro atoms. The van der Waals surface area contributed by atoms with Crippen LogP contribution in [0.1, 0.15) is 6.92 Å². The Morgan fingerprint density at radius 2 is 2.00 bits per heavy atom. The third-order valence-electron chi connectivity index (χ3n) is 1.48. The highest BCUT2D eigenvalue weighted by Crippen LogP contribution is 2.07. The Labute approximate surface area is 77.8 Å². The van der Waals surface area contributed by atoms with E-state index in [-0.39, 0.29) is 0 Å². The monoisotopic (exact) mass is 181 g/mol. The number of nitrogens with zero attached hydrogens (tertiary/aromatic N) is 2. The number of nitrogens with two attached hydrogens (primary N) is 1. The molecule has 0 unspecified atom stereocenters. The van der Waals surface area contributed by atoms with Crippen LogP contribution in [0, 0.1) is 0 Å². The fraction of sp³-hybridized carbons (Fsp3) is 0.500. The number of hydrogen-bond acceptors (Lipinski definition) is 5. The molecule has 4 N–H and O–H groups in total. The van der Waals surface area contributed by atoms with E-state index in [9.17, 15) is 0 Å². The molecule has 0 radical (unpaired) electrons. The molecule has 0 aliphatic carbocycles. The first kappa shape index (κ1) is 9.73. The zero-order chi connectivity index (χ0) is 9.52. The standard InChI is InChI=1S/C8H15N5/c1-2-10-7-5-8(11-4-3-9)13-6-12-7/h5-6H,2-4,9H2,1H3,(H2,10,11,12,13). The lowest BCUT2D eigenvalue weighted by atomic mass is 10.5. The molecule has 1 rings (SSSR count). The van der Waals surface area contributed by atoms with Crippen LogP contribution in [0.4, 0.5) is 11.6 Å². The second-order valence-corrected chi connectivity index (χ2v) is 2.53. The van der Waals surface area contributed by atoms with Crippen LogP contribution in [0.15, 0.2) is 12.4 Å². The first-order valence-electron chi connectivity index (χ1n) is 4.36. The van der Waals surface area contributed by atoms with Crippen molar-refractivity contribution in [3.8, 4) is 0 Å². The van der Waals surface area contributed by atoms with Crippen molar-refractivity contribution in [2.75, 3.05) is 30.3 Å². The van der Waals surface area contributed by atoms with Gasteiger partial charge in [-0.1, -0.05) is 0 Å². The first-order valence-corrected chi connectivity index (χ1v) is 4.36. The van der Waals surface area contributed by atoms with E-state index in [0.717, 1.165) is 24.7 Å². The predicted molar refractivity (Wildman–Crippen MR) is 53.7 cm³/mol. The van der Waals surface area contributed by atoms with Crippen LogP contribution in [0.25, 0.3) is 0 Å². The summed E-state index contributed by atoms with van der Waals surface area (Å²) in [5, 5.41) is 6.18. The smallest absolute Gasteiger partial charge is 0.131 e. The van der Waals surface area contributed by atoms with Gasteiger partial charge in [0.1, 0.15) is 18.0 Å². The van der Waals surface area contributed by atoms with Gasteiger partial charge in [-0.05, 0) is 6.92 Å². The highest BCUT2D eigenvalue weighted by Gasteiger charge is 1.95. The van der Waals surface area contributed by atoms with Crippen molar-refractivity contribution in [1.82, 2.24) is 9.97 Å². The van der Waals surface area contributed by atoms with E-state index >= 15 is 0 Å². The van der Waals surface area contributed by atoms with Gasteiger partial charge in [-0.15, -0.1) is 0 Å². The minimum absolute atomic E-state index is 0.598. The zero-order valence-electron chi connectivity index (χ0n) is 7.75. The summed E-state index contributed by atoms with van der Waals surface area (Å²) >= 11 is 0. The van der Waals surface area contributed by atoms with Crippen LogP contribution in [-0.2, 0) is 0 Å². The molecular weight excluding hydrogens is 166 g/mol. The van der Waals surface area contributed by atoms with Crippen LogP contribution in [0.3, 0.4) is 0 Å². The summed E-state index contributed by atoms with van der Waals surface area (Å²) in [6.07, 6.45) is 1.52. The Morgan fingerprint density at radius 3 is 2.62 bits per heavy atom. The summed E-state index contributed by atoms with van der Waals surface area (Å²) in [5.74, 6) is 1.63. The fourth-order valence-electron chi connectivity index (χ4n) is 0.932. The van der Waals surface area contributed by atoms with E-state index in [1.54, 1.807) is 0 Å². The molecule has 1 aromatic rings. The Kier molecular flexibility index (Phi) is 3.98. The van der Waals surface area contributed by atoms with E-state index < -0.39 is 0 Å². The number of anilines is 2. The molecule has 0 atom stereocenters. The Bertz CT molecular complexity index is 250. The molecule has 0 amide bonds. The number of nitrogens with one attached hydrogen (secondary N) is 2. The molecule has 13 heavy (non-hydrogen) atoms. The predicted octanol–water partition coefficient (Wildman–Crippen LogP) is 0.279. The molecule has 72 valence electrons. The van der Waals surface area contributed by atoms with Gasteiger partial charge >= 0.3 is 0 Å². The van der Waals surface area contributed by atoms with Crippen molar-refractivity contribution in [3.05, 3.63) is 12.4 Å². The largest absolute Gasteiger partial charge is 0.370 e. The maximum absolute atomic E-state index is 5.35. The average molecular weight is 181 g/mol. The van der Waals surface area contributed by atoms with Crippen molar-refractivity contribution < 1.29 is 0 Å². The van der Waals surface area contributed by atoms with Gasteiger partial charge in [0.25, 0.3) is 0 Å². The molecular formula is C8H15N5. The molecule has 0 bridgehead atoms. The van der Waals surface area contributed by atoms with Gasteiger partial charge in [0.15, 0.2) is 0 Å². The van der Waals surface area contributed by atoms with Crippen molar-refractivity contribution in [2.45, 2.75) is 6.92 Å². The van der Waals surface area contributed by atoms with Gasteiger partial charge in [0.2, 0.25) is 0 Å². The average Bonchev–Trinajstić information content (AvgIpc) is 2.16. The van der Waals surface area contributed by atoms with Crippen LogP contribution < -0.4 is 16.4 Å². The minimum atomic E-state index is 0.598. The zero-order valence-corrected chi connectivity index (χ0v) is 7.75. The summed E-state index contributed by atoms with van der Waals surface area (Å²) < 4.78 is 0. The second-order valence-electron chi connectivity index (χ2n) is 2.53. The molecule has 0 fully saturated rings. The lowest BCUT2D eigenvalue weighted by molar-refractivity contribution is 1.00. The quantitative estimate of drug-likeness (QED) is 0.608. The first-order chi connectivity index (χ1) is 6.36. The maximum Gasteiger partial charge on any atom is 0.131 e. The Hall–Kier alpha value is -1.36. The molecule has 0 aromatic carbocycles. The molecule has 5 heteroatoms. The molecule has 1 heterocycles. The molecule has 0 saturated carbocycles. The summed E-state index contributed by atoms with van der Waals surface area (Å²) in [6, 6.07) is 1.86. The Morgan fingerprint density at radius 1 is 1.31 bits per heavy atom. The normalized spacial score (nSPS) is 9.69. The lowest BCUT2D eigenvalue weighted by Crippen LogP contribution is -2.14. The summed E-state index contributed by atoms with van der Waals surface area (Å²) in [6.45, 7) is 4.20. The molecule has 0 saturated heterocycles. The van der Waals surface area contributed by atoms with E-state index in [4.69, 9.17) is 5.73 Å². The topological polar surface area (TPSA) is 75.9 Å². The molecule has 0 aliphatic heterocycles. The number of hydrogen-bond donors (Lipinski definition) is 3. The minimum Gasteiger partial charge on any atom is -0.370 e. The number of rotatable bonds is 5.